The van der Waals surface area contributed by atoms with Gasteiger partial charge in [0, 0.05) is 49.1 Å². The van der Waals surface area contributed by atoms with Crippen LogP contribution in [0.1, 0.15) is 25.7 Å². The van der Waals surface area contributed by atoms with Crippen LogP contribution in [0.5, 0.6) is 0 Å². The van der Waals surface area contributed by atoms with E-state index in [1.165, 1.54) is 0 Å². The van der Waals surface area contributed by atoms with E-state index in [-0.39, 0.29) is 0 Å². The molecule has 0 unspecified atom stereocenters. The Morgan fingerprint density at radius 2 is 1.97 bits per heavy atom. The molecular weight excluding hydrogens is 380 g/mol. The average molecular weight is 406 g/mol. The van der Waals surface area contributed by atoms with Crippen LogP contribution < -0.4 is 5.32 Å². The minimum atomic E-state index is 0.335. The van der Waals surface area contributed by atoms with Crippen molar-refractivity contribution in [3.05, 3.63) is 49.2 Å². The molecule has 8 nitrogen and oxygen atoms in total. The van der Waals surface area contributed by atoms with Gasteiger partial charge in [0.05, 0.1) is 31.0 Å². The van der Waals surface area contributed by atoms with Gasteiger partial charge in [-0.15, -0.1) is 5.10 Å². The monoisotopic (exact) mass is 406 g/mol. The van der Waals surface area contributed by atoms with Crippen molar-refractivity contribution in [2.75, 3.05) is 25.6 Å². The normalized spacial score (nSPS) is 19.5. The fraction of sp³-hybridized carbons (Fsp3) is 0.409. The van der Waals surface area contributed by atoms with Crippen LogP contribution in [0.4, 0.5) is 5.95 Å². The number of hydrogen-bond donors (Lipinski definition) is 1. The summed E-state index contributed by atoms with van der Waals surface area (Å²) in [5.74, 6) is 0.665. The minimum Gasteiger partial charge on any atom is -0.382 e. The van der Waals surface area contributed by atoms with Crippen LogP contribution in [0.2, 0.25) is 0 Å². The molecule has 30 heavy (non-hydrogen) atoms. The highest BCUT2D eigenvalue weighted by atomic mass is 16.5. The summed E-state index contributed by atoms with van der Waals surface area (Å²) in [6, 6.07) is 6.56. The molecule has 0 spiro atoms. The molecule has 4 aromatic heterocycles. The third-order valence-corrected chi connectivity index (χ3v) is 5.76. The number of imidazole rings is 1. The van der Waals surface area contributed by atoms with E-state index in [2.05, 4.69) is 38.7 Å². The van der Waals surface area contributed by atoms with E-state index in [4.69, 9.17) is 9.47 Å². The molecule has 1 aliphatic carbocycles. The van der Waals surface area contributed by atoms with Gasteiger partial charge in [-0.2, -0.15) is 0 Å². The first-order chi connectivity index (χ1) is 14.8. The van der Waals surface area contributed by atoms with E-state index in [0.717, 1.165) is 48.0 Å². The smallest absolute Gasteiger partial charge is 0.241 e. The number of nitrogens with zero attached hydrogens (tertiary/aromatic N) is 5. The number of aromatic nitrogens is 5. The molecule has 8 heteroatoms. The summed E-state index contributed by atoms with van der Waals surface area (Å²) in [7, 11) is 1.70. The summed E-state index contributed by atoms with van der Waals surface area (Å²) in [6.07, 6.45) is 14.3. The summed E-state index contributed by atoms with van der Waals surface area (Å²) < 4.78 is 14.8. The van der Waals surface area contributed by atoms with Gasteiger partial charge in [-0.25, -0.2) is 14.5 Å². The summed E-state index contributed by atoms with van der Waals surface area (Å²) in [4.78, 5) is 8.89. The Kier molecular flexibility index (Phi) is 5.33. The van der Waals surface area contributed by atoms with E-state index in [9.17, 15) is 0 Å². The Balaban J connectivity index is 1.26. The van der Waals surface area contributed by atoms with Gasteiger partial charge < -0.3 is 19.2 Å². The first-order valence-electron chi connectivity index (χ1n) is 10.4. The fourth-order valence-electron chi connectivity index (χ4n) is 4.14. The lowest BCUT2D eigenvalue weighted by atomic mass is 9.93. The number of hydrogen-bond acceptors (Lipinski definition) is 6. The van der Waals surface area contributed by atoms with E-state index >= 15 is 0 Å². The lowest BCUT2D eigenvalue weighted by Gasteiger charge is -2.29. The molecule has 0 bridgehead atoms. The number of pyridine rings is 1. The molecule has 1 aliphatic rings. The van der Waals surface area contributed by atoms with E-state index < -0.39 is 0 Å². The zero-order valence-corrected chi connectivity index (χ0v) is 17.1. The van der Waals surface area contributed by atoms with Crippen molar-refractivity contribution in [1.29, 1.82) is 0 Å². The quantitative estimate of drug-likeness (QED) is 0.474. The average Bonchev–Trinajstić information content (AvgIpc) is 3.41. The third kappa shape index (κ3) is 3.88. The molecule has 1 saturated carbocycles. The van der Waals surface area contributed by atoms with E-state index in [0.29, 0.717) is 31.3 Å². The number of fused-ring (bicyclic) bond motifs is 2. The molecular formula is C22H26N6O2. The van der Waals surface area contributed by atoms with E-state index in [1.54, 1.807) is 13.3 Å². The Morgan fingerprint density at radius 1 is 1.07 bits per heavy atom. The first-order valence-corrected chi connectivity index (χ1v) is 10.4. The van der Waals surface area contributed by atoms with Crippen LogP contribution in [-0.4, -0.2) is 56.5 Å². The number of ether oxygens (including phenoxy) is 2. The van der Waals surface area contributed by atoms with Crippen LogP contribution in [0, 0.1) is 0 Å². The van der Waals surface area contributed by atoms with Gasteiger partial charge in [0.2, 0.25) is 5.95 Å². The topological polar surface area (TPSA) is 78.0 Å². The predicted octanol–water partition coefficient (Wildman–Crippen LogP) is 3.43. The molecule has 4 heterocycles. The van der Waals surface area contributed by atoms with Crippen molar-refractivity contribution in [1.82, 2.24) is 24.0 Å². The zero-order chi connectivity index (χ0) is 20.3. The maximum Gasteiger partial charge on any atom is 0.241 e. The second-order valence-corrected chi connectivity index (χ2v) is 7.73. The van der Waals surface area contributed by atoms with Crippen LogP contribution in [0.15, 0.2) is 49.2 Å². The van der Waals surface area contributed by atoms with Crippen molar-refractivity contribution in [2.24, 2.45) is 0 Å². The molecule has 156 valence electrons. The largest absolute Gasteiger partial charge is 0.382 e. The molecule has 5 rings (SSSR count). The zero-order valence-electron chi connectivity index (χ0n) is 17.1. The Bertz CT molecular complexity index is 1130. The first kappa shape index (κ1) is 19.0. The lowest BCUT2D eigenvalue weighted by molar-refractivity contribution is -0.00158. The number of methoxy groups -OCH3 is 1. The lowest BCUT2D eigenvalue weighted by Crippen LogP contribution is -2.31. The van der Waals surface area contributed by atoms with Crippen molar-refractivity contribution >= 4 is 17.1 Å². The number of anilines is 1. The third-order valence-electron chi connectivity index (χ3n) is 5.76. The molecule has 0 radical (unpaired) electrons. The molecule has 0 saturated heterocycles. The van der Waals surface area contributed by atoms with E-state index in [1.807, 2.05) is 33.6 Å². The van der Waals surface area contributed by atoms with Crippen LogP contribution >= 0.6 is 0 Å². The van der Waals surface area contributed by atoms with Crippen LogP contribution in [0.3, 0.4) is 0 Å². The van der Waals surface area contributed by atoms with Crippen LogP contribution in [0.25, 0.3) is 22.3 Å². The highest BCUT2D eigenvalue weighted by Gasteiger charge is 2.22. The second kappa shape index (κ2) is 8.41. The molecule has 0 atom stereocenters. The Labute approximate surface area is 174 Å². The predicted molar refractivity (Wildman–Crippen MR) is 115 cm³/mol. The van der Waals surface area contributed by atoms with Gasteiger partial charge in [-0.05, 0) is 43.9 Å². The van der Waals surface area contributed by atoms with Crippen LogP contribution in [-0.2, 0) is 9.47 Å². The molecule has 0 aromatic carbocycles. The molecule has 1 fully saturated rings. The van der Waals surface area contributed by atoms with Gasteiger partial charge >= 0.3 is 0 Å². The molecule has 0 aliphatic heterocycles. The maximum atomic E-state index is 5.85. The molecule has 4 aromatic rings. The van der Waals surface area contributed by atoms with Gasteiger partial charge in [0.15, 0.2) is 0 Å². The van der Waals surface area contributed by atoms with Gasteiger partial charge in [-0.3, -0.25) is 0 Å². The highest BCUT2D eigenvalue weighted by Crippen LogP contribution is 2.27. The molecule has 0 amide bonds. The highest BCUT2D eigenvalue weighted by molar-refractivity contribution is 5.80. The SMILES string of the molecule is COCCO[C@H]1CC[C@@H](Nc2ncc3c(-c4ccc5nccn5c4)ccn3n2)CC1. The summed E-state index contributed by atoms with van der Waals surface area (Å²) in [5, 5.41) is 8.17. The maximum absolute atomic E-state index is 5.85. The number of rotatable bonds is 7. The van der Waals surface area contributed by atoms with Crippen molar-refractivity contribution in [3.63, 3.8) is 0 Å². The standard InChI is InChI=1S/C22H26N6O2/c1-29-12-13-30-18-5-3-17(4-6-18)25-22-24-14-20-19(8-10-28(20)26-22)16-2-7-21-23-9-11-27(21)15-16/h2,7-11,14-15,17-18H,3-6,12-13H2,1H3,(H,25,26)/t17-,18+. The minimum absolute atomic E-state index is 0.335. The Morgan fingerprint density at radius 3 is 2.83 bits per heavy atom. The van der Waals surface area contributed by atoms with Crippen molar-refractivity contribution in [3.8, 4) is 11.1 Å². The van der Waals surface area contributed by atoms with Gasteiger partial charge in [0.25, 0.3) is 0 Å². The van der Waals surface area contributed by atoms with Crippen molar-refractivity contribution in [2.45, 2.75) is 37.8 Å². The number of nitrogens with one attached hydrogen (secondary N) is 1. The van der Waals surface area contributed by atoms with Gasteiger partial charge in [-0.1, -0.05) is 0 Å². The molecule has 1 N–H and O–H groups in total. The van der Waals surface area contributed by atoms with Crippen molar-refractivity contribution < 1.29 is 9.47 Å². The fourth-order valence-corrected chi connectivity index (χ4v) is 4.14. The summed E-state index contributed by atoms with van der Waals surface area (Å²) in [5.41, 5.74) is 4.13. The second-order valence-electron chi connectivity index (χ2n) is 7.73. The summed E-state index contributed by atoms with van der Waals surface area (Å²) >= 11 is 0. The summed E-state index contributed by atoms with van der Waals surface area (Å²) in [6.45, 7) is 1.32. The van der Waals surface area contributed by atoms with Gasteiger partial charge in [0.1, 0.15) is 5.65 Å². The Hall–Kier alpha value is -2.97.